The predicted molar refractivity (Wildman–Crippen MR) is 109 cm³/mol. The summed E-state index contributed by atoms with van der Waals surface area (Å²) in [5, 5.41) is 1.22. The van der Waals surface area contributed by atoms with E-state index in [1.807, 2.05) is 18.7 Å². The SMILES string of the molecule is c1cc(OC2CCN(CCn3ccnc3)CC2)c2ccn(C3CCOC3)c2c1. The van der Waals surface area contributed by atoms with Crippen LogP contribution in [-0.4, -0.2) is 58.0 Å². The Hall–Kier alpha value is -2.31. The van der Waals surface area contributed by atoms with Gasteiger partial charge in [0.15, 0.2) is 0 Å². The number of nitrogens with zero attached hydrogens (tertiary/aromatic N) is 4. The maximum absolute atomic E-state index is 6.46. The van der Waals surface area contributed by atoms with Crippen LogP contribution < -0.4 is 4.74 Å². The lowest BCUT2D eigenvalue weighted by Crippen LogP contribution is -2.39. The first-order valence-corrected chi connectivity index (χ1v) is 10.4. The lowest BCUT2D eigenvalue weighted by molar-refractivity contribution is 0.0998. The van der Waals surface area contributed by atoms with Crippen molar-refractivity contribution >= 4 is 10.9 Å². The summed E-state index contributed by atoms with van der Waals surface area (Å²) >= 11 is 0. The lowest BCUT2D eigenvalue weighted by atomic mass is 10.1. The highest BCUT2D eigenvalue weighted by Crippen LogP contribution is 2.32. The average Bonchev–Trinajstić information content (AvgIpc) is 3.48. The molecule has 3 aromatic rings. The van der Waals surface area contributed by atoms with Crippen LogP contribution in [0.1, 0.15) is 25.3 Å². The van der Waals surface area contributed by atoms with Crippen LogP contribution in [0.3, 0.4) is 0 Å². The summed E-state index contributed by atoms with van der Waals surface area (Å²) in [6.07, 6.45) is 11.5. The van der Waals surface area contributed by atoms with Crippen molar-refractivity contribution in [2.24, 2.45) is 0 Å². The van der Waals surface area contributed by atoms with E-state index in [4.69, 9.17) is 9.47 Å². The molecule has 2 aromatic heterocycles. The molecule has 0 amide bonds. The minimum absolute atomic E-state index is 0.299. The Balaban J connectivity index is 1.20. The van der Waals surface area contributed by atoms with Crippen LogP contribution >= 0.6 is 0 Å². The Morgan fingerprint density at radius 3 is 2.79 bits per heavy atom. The molecule has 2 fully saturated rings. The van der Waals surface area contributed by atoms with Crippen LogP contribution in [0, 0.1) is 0 Å². The van der Waals surface area contributed by atoms with Crippen LogP contribution in [0.5, 0.6) is 5.75 Å². The molecule has 1 unspecified atom stereocenters. The topological polar surface area (TPSA) is 44.5 Å². The van der Waals surface area contributed by atoms with Crippen LogP contribution in [0.2, 0.25) is 0 Å². The Labute approximate surface area is 165 Å². The zero-order chi connectivity index (χ0) is 18.8. The van der Waals surface area contributed by atoms with Crippen LogP contribution in [0.25, 0.3) is 10.9 Å². The molecule has 5 rings (SSSR count). The van der Waals surface area contributed by atoms with E-state index in [-0.39, 0.29) is 0 Å². The van der Waals surface area contributed by atoms with Gasteiger partial charge < -0.3 is 23.5 Å². The fraction of sp³-hybridized carbons (Fsp3) is 0.500. The third-order valence-corrected chi connectivity index (χ3v) is 6.08. The summed E-state index contributed by atoms with van der Waals surface area (Å²) < 4.78 is 16.5. The third-order valence-electron chi connectivity index (χ3n) is 6.08. The zero-order valence-electron chi connectivity index (χ0n) is 16.2. The summed E-state index contributed by atoms with van der Waals surface area (Å²) in [4.78, 5) is 6.64. The van der Waals surface area contributed by atoms with Crippen molar-refractivity contribution < 1.29 is 9.47 Å². The van der Waals surface area contributed by atoms with Gasteiger partial charge in [0.2, 0.25) is 0 Å². The first-order valence-electron chi connectivity index (χ1n) is 10.4. The maximum Gasteiger partial charge on any atom is 0.129 e. The molecule has 1 atom stereocenters. The van der Waals surface area contributed by atoms with Crippen LogP contribution in [0.15, 0.2) is 49.2 Å². The molecule has 0 radical (unpaired) electrons. The summed E-state index contributed by atoms with van der Waals surface area (Å²) in [6.45, 7) is 5.94. The second kappa shape index (κ2) is 7.97. The van der Waals surface area contributed by atoms with Gasteiger partial charge in [-0.1, -0.05) is 6.07 Å². The van der Waals surface area contributed by atoms with Crippen molar-refractivity contribution in [3.05, 3.63) is 49.2 Å². The molecule has 2 aliphatic heterocycles. The molecule has 0 bridgehead atoms. The fourth-order valence-corrected chi connectivity index (χ4v) is 4.43. The van der Waals surface area contributed by atoms with Gasteiger partial charge in [-0.15, -0.1) is 0 Å². The average molecular weight is 380 g/mol. The minimum Gasteiger partial charge on any atom is -0.490 e. The Bertz CT molecular complexity index is 891. The monoisotopic (exact) mass is 380 g/mol. The number of likely N-dealkylation sites (tertiary alicyclic amines) is 1. The summed E-state index contributed by atoms with van der Waals surface area (Å²) in [5.74, 6) is 1.02. The van der Waals surface area contributed by atoms with Crippen molar-refractivity contribution in [3.8, 4) is 5.75 Å². The standard InChI is InChI=1S/C22H28N4O2/c1-2-21-20(6-11-26(21)18-7-15-27-16-18)22(3-1)28-19-4-9-24(10-5-19)13-14-25-12-8-23-17-25/h1-3,6,8,11-12,17-19H,4-5,7,9-10,13-16H2. The molecule has 6 heteroatoms. The number of ether oxygens (including phenoxy) is 2. The van der Waals surface area contributed by atoms with Gasteiger partial charge in [-0.25, -0.2) is 4.98 Å². The predicted octanol–water partition coefficient (Wildman–Crippen LogP) is 3.34. The second-order valence-corrected chi connectivity index (χ2v) is 7.89. The van der Waals surface area contributed by atoms with E-state index in [0.717, 1.165) is 64.4 Å². The van der Waals surface area contributed by atoms with E-state index in [2.05, 4.69) is 49.5 Å². The molecule has 6 nitrogen and oxygen atoms in total. The van der Waals surface area contributed by atoms with E-state index in [1.165, 1.54) is 10.9 Å². The van der Waals surface area contributed by atoms with Gasteiger partial charge in [0.25, 0.3) is 0 Å². The van der Waals surface area contributed by atoms with Gasteiger partial charge in [0, 0.05) is 56.8 Å². The summed E-state index contributed by atoms with van der Waals surface area (Å²) in [7, 11) is 0. The normalized spacial score (nSPS) is 21.5. The van der Waals surface area contributed by atoms with Crippen molar-refractivity contribution in [1.82, 2.24) is 19.0 Å². The first-order chi connectivity index (χ1) is 13.9. The second-order valence-electron chi connectivity index (χ2n) is 7.89. The van der Waals surface area contributed by atoms with Gasteiger partial charge in [-0.3, -0.25) is 0 Å². The smallest absolute Gasteiger partial charge is 0.129 e. The molecule has 2 aliphatic rings. The van der Waals surface area contributed by atoms with E-state index in [1.54, 1.807) is 0 Å². The highest BCUT2D eigenvalue weighted by atomic mass is 16.5. The van der Waals surface area contributed by atoms with E-state index >= 15 is 0 Å². The van der Waals surface area contributed by atoms with Gasteiger partial charge in [-0.2, -0.15) is 0 Å². The largest absolute Gasteiger partial charge is 0.490 e. The Kier molecular flexibility index (Phi) is 5.06. The molecule has 148 valence electrons. The highest BCUT2D eigenvalue weighted by Gasteiger charge is 2.23. The molecule has 0 N–H and O–H groups in total. The fourth-order valence-electron chi connectivity index (χ4n) is 4.43. The molecule has 0 aliphatic carbocycles. The third kappa shape index (κ3) is 3.66. The number of hydrogen-bond acceptors (Lipinski definition) is 4. The number of hydrogen-bond donors (Lipinski definition) is 0. The minimum atomic E-state index is 0.299. The first kappa shape index (κ1) is 17.8. The quantitative estimate of drug-likeness (QED) is 0.658. The number of fused-ring (bicyclic) bond motifs is 1. The number of rotatable bonds is 6. The van der Waals surface area contributed by atoms with Crippen molar-refractivity contribution in [1.29, 1.82) is 0 Å². The lowest BCUT2D eigenvalue weighted by Gasteiger charge is -2.32. The van der Waals surface area contributed by atoms with Crippen LogP contribution in [-0.2, 0) is 11.3 Å². The molecular weight excluding hydrogens is 352 g/mol. The molecule has 0 spiro atoms. The molecule has 2 saturated heterocycles. The Morgan fingerprint density at radius 1 is 1.07 bits per heavy atom. The van der Waals surface area contributed by atoms with Crippen LogP contribution in [0.4, 0.5) is 0 Å². The molecule has 28 heavy (non-hydrogen) atoms. The van der Waals surface area contributed by atoms with E-state index in [0.29, 0.717) is 12.1 Å². The van der Waals surface area contributed by atoms with Gasteiger partial charge in [0.05, 0.1) is 24.5 Å². The van der Waals surface area contributed by atoms with E-state index in [9.17, 15) is 0 Å². The van der Waals surface area contributed by atoms with Gasteiger partial charge in [-0.05, 0) is 37.5 Å². The molecule has 1 aromatic carbocycles. The van der Waals surface area contributed by atoms with Gasteiger partial charge in [0.1, 0.15) is 11.9 Å². The molecule has 4 heterocycles. The number of benzene rings is 1. The zero-order valence-corrected chi connectivity index (χ0v) is 16.2. The summed E-state index contributed by atoms with van der Waals surface area (Å²) in [6, 6.07) is 9.07. The molecular formula is C22H28N4O2. The van der Waals surface area contributed by atoms with E-state index < -0.39 is 0 Å². The number of piperidine rings is 1. The Morgan fingerprint density at radius 2 is 2.00 bits per heavy atom. The number of aromatic nitrogens is 3. The highest BCUT2D eigenvalue weighted by molar-refractivity contribution is 5.86. The van der Waals surface area contributed by atoms with Crippen molar-refractivity contribution in [3.63, 3.8) is 0 Å². The number of imidazole rings is 1. The maximum atomic E-state index is 6.46. The molecule has 0 saturated carbocycles. The van der Waals surface area contributed by atoms with Gasteiger partial charge >= 0.3 is 0 Å². The van der Waals surface area contributed by atoms with Crippen molar-refractivity contribution in [2.45, 2.75) is 38.0 Å². The summed E-state index contributed by atoms with van der Waals surface area (Å²) in [5.41, 5.74) is 1.26. The van der Waals surface area contributed by atoms with Crippen molar-refractivity contribution in [2.75, 3.05) is 32.8 Å².